The SMILES string of the molecule is Cc1cc(Cl)ccc1OCCCC(=O)NNC(=O)c1[nH]c2c(c1C)C(=O)CCC2. The van der Waals surface area contributed by atoms with Gasteiger partial charge in [-0.3, -0.25) is 25.2 Å². The third-order valence-electron chi connectivity index (χ3n) is 4.92. The Morgan fingerprint density at radius 1 is 1.21 bits per heavy atom. The van der Waals surface area contributed by atoms with Gasteiger partial charge in [-0.1, -0.05) is 11.6 Å². The number of rotatable bonds is 6. The highest BCUT2D eigenvalue weighted by Crippen LogP contribution is 2.26. The molecular weight excluding hydrogens is 394 g/mol. The van der Waals surface area contributed by atoms with Crippen LogP contribution in [0, 0.1) is 13.8 Å². The van der Waals surface area contributed by atoms with Crippen LogP contribution in [0.4, 0.5) is 0 Å². The summed E-state index contributed by atoms with van der Waals surface area (Å²) in [4.78, 5) is 39.4. The van der Waals surface area contributed by atoms with E-state index in [4.69, 9.17) is 16.3 Å². The van der Waals surface area contributed by atoms with Crippen molar-refractivity contribution in [3.05, 3.63) is 51.3 Å². The van der Waals surface area contributed by atoms with Gasteiger partial charge in [0.1, 0.15) is 11.4 Å². The summed E-state index contributed by atoms with van der Waals surface area (Å²) in [5.74, 6) is -0.00577. The summed E-state index contributed by atoms with van der Waals surface area (Å²) in [6.07, 6.45) is 2.72. The van der Waals surface area contributed by atoms with Crippen LogP contribution in [0.15, 0.2) is 18.2 Å². The summed E-state index contributed by atoms with van der Waals surface area (Å²) in [5.41, 5.74) is 8.08. The lowest BCUT2D eigenvalue weighted by atomic mass is 9.94. The first-order valence-electron chi connectivity index (χ1n) is 9.59. The van der Waals surface area contributed by atoms with Crippen molar-refractivity contribution in [1.29, 1.82) is 0 Å². The smallest absolute Gasteiger partial charge is 0.286 e. The number of benzene rings is 1. The van der Waals surface area contributed by atoms with E-state index >= 15 is 0 Å². The van der Waals surface area contributed by atoms with Gasteiger partial charge >= 0.3 is 0 Å². The van der Waals surface area contributed by atoms with E-state index in [0.717, 1.165) is 29.8 Å². The number of hydrazine groups is 1. The van der Waals surface area contributed by atoms with Crippen molar-refractivity contribution in [1.82, 2.24) is 15.8 Å². The second-order valence-electron chi connectivity index (χ2n) is 7.12. The standard InChI is InChI=1S/C21H24ClN3O4/c1-12-11-14(22)8-9-17(12)29-10-4-7-18(27)24-25-21(28)20-13(2)19-15(23-20)5-3-6-16(19)26/h8-9,11,23H,3-7,10H2,1-2H3,(H,24,27)(H,25,28). The third kappa shape index (κ3) is 4.98. The molecule has 0 saturated carbocycles. The molecule has 0 saturated heterocycles. The third-order valence-corrected chi connectivity index (χ3v) is 5.16. The molecule has 2 amide bonds. The van der Waals surface area contributed by atoms with E-state index in [1.54, 1.807) is 19.1 Å². The fourth-order valence-corrected chi connectivity index (χ4v) is 3.67. The van der Waals surface area contributed by atoms with E-state index in [2.05, 4.69) is 15.8 Å². The number of aryl methyl sites for hydroxylation is 2. The van der Waals surface area contributed by atoms with E-state index in [-0.39, 0.29) is 18.1 Å². The van der Waals surface area contributed by atoms with E-state index in [1.807, 2.05) is 13.0 Å². The number of carbonyl (C=O) groups is 3. The molecule has 29 heavy (non-hydrogen) atoms. The molecule has 0 bridgehead atoms. The molecule has 3 rings (SSSR count). The van der Waals surface area contributed by atoms with Crippen LogP contribution in [-0.2, 0) is 11.2 Å². The molecule has 0 atom stereocenters. The number of halogens is 1. The van der Waals surface area contributed by atoms with Gasteiger partial charge in [0.25, 0.3) is 5.91 Å². The van der Waals surface area contributed by atoms with Gasteiger partial charge in [-0.2, -0.15) is 0 Å². The van der Waals surface area contributed by atoms with Crippen molar-refractivity contribution in [2.24, 2.45) is 0 Å². The molecule has 0 unspecified atom stereocenters. The molecule has 0 spiro atoms. The molecule has 1 aromatic carbocycles. The number of hydrogen-bond donors (Lipinski definition) is 3. The lowest BCUT2D eigenvalue weighted by Crippen LogP contribution is -2.42. The minimum Gasteiger partial charge on any atom is -0.493 e. The van der Waals surface area contributed by atoms with Crippen molar-refractivity contribution in [2.45, 2.75) is 46.0 Å². The Balaban J connectivity index is 1.44. The van der Waals surface area contributed by atoms with Crippen LogP contribution in [0.2, 0.25) is 5.02 Å². The zero-order valence-corrected chi connectivity index (χ0v) is 17.2. The molecule has 1 aliphatic rings. The summed E-state index contributed by atoms with van der Waals surface area (Å²) < 4.78 is 5.65. The van der Waals surface area contributed by atoms with Gasteiger partial charge in [-0.15, -0.1) is 0 Å². The largest absolute Gasteiger partial charge is 0.493 e. The Bertz CT molecular complexity index is 952. The van der Waals surface area contributed by atoms with Gasteiger partial charge in [0.05, 0.1) is 6.61 Å². The van der Waals surface area contributed by atoms with Crippen LogP contribution in [-0.4, -0.2) is 29.2 Å². The molecule has 154 valence electrons. The zero-order valence-electron chi connectivity index (χ0n) is 16.5. The van der Waals surface area contributed by atoms with Crippen LogP contribution < -0.4 is 15.6 Å². The lowest BCUT2D eigenvalue weighted by molar-refractivity contribution is -0.122. The minimum atomic E-state index is -0.467. The average Bonchev–Trinajstić information content (AvgIpc) is 3.02. The highest BCUT2D eigenvalue weighted by atomic mass is 35.5. The number of fused-ring (bicyclic) bond motifs is 1. The van der Waals surface area contributed by atoms with Crippen molar-refractivity contribution in [3.63, 3.8) is 0 Å². The molecule has 7 nitrogen and oxygen atoms in total. The number of aromatic amines is 1. The molecule has 0 fully saturated rings. The van der Waals surface area contributed by atoms with Crippen LogP contribution >= 0.6 is 11.6 Å². The van der Waals surface area contributed by atoms with Crippen molar-refractivity contribution < 1.29 is 19.1 Å². The Morgan fingerprint density at radius 3 is 2.72 bits per heavy atom. The van der Waals surface area contributed by atoms with Crippen molar-refractivity contribution in [3.8, 4) is 5.75 Å². The number of ether oxygens (including phenoxy) is 1. The number of aromatic nitrogens is 1. The molecule has 1 aliphatic carbocycles. The summed E-state index contributed by atoms with van der Waals surface area (Å²) in [5, 5.41) is 0.646. The normalized spacial score (nSPS) is 13.0. The summed E-state index contributed by atoms with van der Waals surface area (Å²) in [6.45, 7) is 4.01. The maximum atomic E-state index is 12.4. The number of amides is 2. The van der Waals surface area contributed by atoms with Crippen LogP contribution in [0.5, 0.6) is 5.75 Å². The monoisotopic (exact) mass is 417 g/mol. The fraction of sp³-hybridized carbons (Fsp3) is 0.381. The number of nitrogens with one attached hydrogen (secondary N) is 3. The minimum absolute atomic E-state index is 0.0546. The predicted octanol–water partition coefficient (Wildman–Crippen LogP) is 3.42. The van der Waals surface area contributed by atoms with Crippen molar-refractivity contribution in [2.75, 3.05) is 6.61 Å². The van der Waals surface area contributed by atoms with E-state index in [9.17, 15) is 14.4 Å². The van der Waals surface area contributed by atoms with Gasteiger partial charge in [-0.25, -0.2) is 0 Å². The quantitative estimate of drug-likeness (QED) is 0.495. The maximum Gasteiger partial charge on any atom is 0.286 e. The molecular formula is C21H24ClN3O4. The van der Waals surface area contributed by atoms with Gasteiger partial charge in [0.15, 0.2) is 5.78 Å². The molecule has 1 aromatic heterocycles. The van der Waals surface area contributed by atoms with E-state index in [1.165, 1.54) is 0 Å². The molecule has 0 aliphatic heterocycles. The Morgan fingerprint density at radius 2 is 2.00 bits per heavy atom. The molecule has 1 heterocycles. The summed E-state index contributed by atoms with van der Waals surface area (Å²) in [7, 11) is 0. The van der Waals surface area contributed by atoms with Crippen LogP contribution in [0.25, 0.3) is 0 Å². The summed E-state index contributed by atoms with van der Waals surface area (Å²) in [6, 6.07) is 5.36. The Hall–Kier alpha value is -2.80. The first-order chi connectivity index (χ1) is 13.9. The predicted molar refractivity (Wildman–Crippen MR) is 109 cm³/mol. The Labute approximate surface area is 174 Å². The highest BCUT2D eigenvalue weighted by Gasteiger charge is 2.26. The van der Waals surface area contributed by atoms with E-state index < -0.39 is 5.91 Å². The van der Waals surface area contributed by atoms with Gasteiger partial charge in [-0.05, 0) is 62.4 Å². The van der Waals surface area contributed by atoms with Gasteiger partial charge in [0, 0.05) is 29.1 Å². The Kier molecular flexibility index (Phi) is 6.59. The van der Waals surface area contributed by atoms with Crippen LogP contribution in [0.3, 0.4) is 0 Å². The molecule has 0 radical (unpaired) electrons. The average molecular weight is 418 g/mol. The topological polar surface area (TPSA) is 100 Å². The summed E-state index contributed by atoms with van der Waals surface area (Å²) >= 11 is 5.91. The number of hydrogen-bond acceptors (Lipinski definition) is 4. The van der Waals surface area contributed by atoms with Gasteiger partial charge < -0.3 is 9.72 Å². The second-order valence-corrected chi connectivity index (χ2v) is 7.56. The van der Waals surface area contributed by atoms with E-state index in [0.29, 0.717) is 41.3 Å². The zero-order chi connectivity index (χ0) is 21.0. The number of Topliss-reactive ketones (excluding diaryl/α,β-unsaturated/α-hetero) is 1. The maximum absolute atomic E-state index is 12.4. The number of carbonyl (C=O) groups excluding carboxylic acids is 3. The molecule has 3 N–H and O–H groups in total. The molecule has 2 aromatic rings. The molecule has 8 heteroatoms. The second kappa shape index (κ2) is 9.13. The highest BCUT2D eigenvalue weighted by molar-refractivity contribution is 6.30. The van der Waals surface area contributed by atoms with Crippen LogP contribution in [0.1, 0.15) is 63.4 Å². The van der Waals surface area contributed by atoms with Gasteiger partial charge in [0.2, 0.25) is 5.91 Å². The van der Waals surface area contributed by atoms with Crippen molar-refractivity contribution >= 4 is 29.2 Å². The number of ketones is 1. The first-order valence-corrected chi connectivity index (χ1v) is 9.97. The lowest BCUT2D eigenvalue weighted by Gasteiger charge is -2.10. The first kappa shape index (κ1) is 20.9. The fourth-order valence-electron chi connectivity index (χ4n) is 3.44. The number of H-pyrrole nitrogens is 1.